The number of nitrogens with zero attached hydrogens (tertiary/aromatic N) is 3. The number of aromatic nitrogens is 2. The van der Waals surface area contributed by atoms with Crippen molar-refractivity contribution >= 4 is 10.8 Å². The van der Waals surface area contributed by atoms with Crippen LogP contribution >= 0.6 is 0 Å². The summed E-state index contributed by atoms with van der Waals surface area (Å²) in [7, 11) is 3.18. The Labute approximate surface area is 127 Å². The van der Waals surface area contributed by atoms with Gasteiger partial charge in [-0.15, -0.1) is 0 Å². The summed E-state index contributed by atoms with van der Waals surface area (Å²) in [6, 6.07) is 11.0. The average molecular weight is 291 g/mol. The minimum Gasteiger partial charge on any atom is -0.497 e. The molecule has 0 saturated carbocycles. The summed E-state index contributed by atoms with van der Waals surface area (Å²) in [4.78, 5) is 16.5. The van der Waals surface area contributed by atoms with Crippen LogP contribution in [0.3, 0.4) is 0 Å². The summed E-state index contributed by atoms with van der Waals surface area (Å²) in [6.45, 7) is 0. The van der Waals surface area contributed by atoms with E-state index in [1.54, 1.807) is 44.8 Å². The topological polar surface area (TPSA) is 67.9 Å². The van der Waals surface area contributed by atoms with Crippen molar-refractivity contribution in [3.63, 3.8) is 0 Å². The number of rotatable bonds is 2. The van der Waals surface area contributed by atoms with Gasteiger partial charge in [-0.25, -0.2) is 0 Å². The predicted molar refractivity (Wildman–Crippen MR) is 83.7 cm³/mol. The van der Waals surface area contributed by atoms with E-state index < -0.39 is 0 Å². The number of hydrogen-bond acceptors (Lipinski definition) is 4. The molecular weight excluding hydrogens is 278 g/mol. The summed E-state index contributed by atoms with van der Waals surface area (Å²) >= 11 is 0. The van der Waals surface area contributed by atoms with E-state index in [4.69, 9.17) is 4.74 Å². The first kappa shape index (κ1) is 13.8. The Morgan fingerprint density at radius 3 is 2.55 bits per heavy atom. The molecule has 0 amide bonds. The van der Waals surface area contributed by atoms with Gasteiger partial charge in [0.1, 0.15) is 17.5 Å². The summed E-state index contributed by atoms with van der Waals surface area (Å²) < 4.78 is 6.63. The highest BCUT2D eigenvalue weighted by molar-refractivity contribution is 5.98. The molecule has 2 heterocycles. The summed E-state index contributed by atoms with van der Waals surface area (Å²) in [5.74, 6) is 0.639. The standard InChI is InChI=1S/C17H13N3O2/c1-20-15(10-18)16(11-5-7-19-8-6-11)14-9-12(22-2)3-4-13(14)17(20)21/h3-9H,1-2H3. The molecule has 0 radical (unpaired) electrons. The van der Waals surface area contributed by atoms with Gasteiger partial charge in [-0.3, -0.25) is 9.78 Å². The molecule has 0 aliphatic rings. The lowest BCUT2D eigenvalue weighted by Gasteiger charge is -2.13. The zero-order chi connectivity index (χ0) is 15.7. The molecule has 0 atom stereocenters. The van der Waals surface area contributed by atoms with Gasteiger partial charge in [-0.2, -0.15) is 5.26 Å². The third-order valence-electron chi connectivity index (χ3n) is 3.68. The molecule has 0 saturated heterocycles. The van der Waals surface area contributed by atoms with Crippen molar-refractivity contribution in [2.24, 2.45) is 7.05 Å². The summed E-state index contributed by atoms with van der Waals surface area (Å²) in [6.07, 6.45) is 3.32. The van der Waals surface area contributed by atoms with Gasteiger partial charge in [0.15, 0.2) is 0 Å². The molecule has 5 heteroatoms. The van der Waals surface area contributed by atoms with Crippen molar-refractivity contribution in [1.29, 1.82) is 5.26 Å². The Hall–Kier alpha value is -3.13. The van der Waals surface area contributed by atoms with E-state index in [0.29, 0.717) is 27.8 Å². The third-order valence-corrected chi connectivity index (χ3v) is 3.68. The van der Waals surface area contributed by atoms with Gasteiger partial charge >= 0.3 is 0 Å². The lowest BCUT2D eigenvalue weighted by atomic mass is 9.97. The SMILES string of the molecule is COc1ccc2c(=O)n(C)c(C#N)c(-c3ccncc3)c2c1. The second-order valence-corrected chi connectivity index (χ2v) is 4.85. The van der Waals surface area contributed by atoms with Crippen LogP contribution in [0.4, 0.5) is 0 Å². The molecule has 5 nitrogen and oxygen atoms in total. The highest BCUT2D eigenvalue weighted by atomic mass is 16.5. The maximum absolute atomic E-state index is 12.4. The van der Waals surface area contributed by atoms with Crippen LogP contribution in [-0.2, 0) is 7.05 Å². The van der Waals surface area contributed by atoms with Crippen LogP contribution in [0.25, 0.3) is 21.9 Å². The van der Waals surface area contributed by atoms with E-state index in [9.17, 15) is 10.1 Å². The molecule has 3 rings (SSSR count). The van der Waals surface area contributed by atoms with Crippen molar-refractivity contribution in [3.05, 3.63) is 58.8 Å². The molecular formula is C17H13N3O2. The number of pyridine rings is 2. The summed E-state index contributed by atoms with van der Waals surface area (Å²) in [5, 5.41) is 10.8. The van der Waals surface area contributed by atoms with Crippen molar-refractivity contribution in [1.82, 2.24) is 9.55 Å². The van der Waals surface area contributed by atoms with Gasteiger partial charge in [-0.1, -0.05) is 0 Å². The van der Waals surface area contributed by atoms with Crippen LogP contribution in [0.15, 0.2) is 47.5 Å². The molecule has 0 fully saturated rings. The first-order valence-electron chi connectivity index (χ1n) is 6.68. The molecule has 1 aromatic carbocycles. The van der Waals surface area contributed by atoms with Gasteiger partial charge in [-0.05, 0) is 35.9 Å². The molecule has 0 bridgehead atoms. The van der Waals surface area contributed by atoms with Crippen molar-refractivity contribution in [2.45, 2.75) is 0 Å². The fraction of sp³-hybridized carbons (Fsp3) is 0.118. The second-order valence-electron chi connectivity index (χ2n) is 4.85. The molecule has 0 spiro atoms. The monoisotopic (exact) mass is 291 g/mol. The fourth-order valence-corrected chi connectivity index (χ4v) is 2.56. The average Bonchev–Trinajstić information content (AvgIpc) is 2.58. The Balaban J connectivity index is 2.55. The van der Waals surface area contributed by atoms with Crippen LogP contribution in [0.2, 0.25) is 0 Å². The number of ether oxygens (including phenoxy) is 1. The van der Waals surface area contributed by atoms with Crippen LogP contribution in [0, 0.1) is 11.3 Å². The van der Waals surface area contributed by atoms with Crippen molar-refractivity contribution in [3.8, 4) is 22.9 Å². The second kappa shape index (κ2) is 5.34. The van der Waals surface area contributed by atoms with E-state index in [-0.39, 0.29) is 5.56 Å². The molecule has 2 aromatic heterocycles. The quantitative estimate of drug-likeness (QED) is 0.727. The minimum atomic E-state index is -0.202. The highest BCUT2D eigenvalue weighted by Gasteiger charge is 2.16. The minimum absolute atomic E-state index is 0.202. The molecule has 3 aromatic rings. The maximum atomic E-state index is 12.4. The van der Waals surface area contributed by atoms with E-state index in [0.717, 1.165) is 5.56 Å². The van der Waals surface area contributed by atoms with E-state index in [2.05, 4.69) is 11.1 Å². The van der Waals surface area contributed by atoms with E-state index in [1.165, 1.54) is 4.57 Å². The van der Waals surface area contributed by atoms with Crippen LogP contribution < -0.4 is 10.3 Å². The molecule has 0 aliphatic heterocycles. The van der Waals surface area contributed by atoms with Crippen LogP contribution in [0.5, 0.6) is 5.75 Å². The molecule has 108 valence electrons. The van der Waals surface area contributed by atoms with E-state index >= 15 is 0 Å². The lowest BCUT2D eigenvalue weighted by Crippen LogP contribution is -2.20. The number of nitriles is 1. The van der Waals surface area contributed by atoms with Gasteiger partial charge in [0, 0.05) is 35.8 Å². The first-order valence-corrected chi connectivity index (χ1v) is 6.68. The number of hydrogen-bond donors (Lipinski definition) is 0. The van der Waals surface area contributed by atoms with Gasteiger partial charge in [0.2, 0.25) is 0 Å². The maximum Gasteiger partial charge on any atom is 0.259 e. The van der Waals surface area contributed by atoms with Crippen molar-refractivity contribution < 1.29 is 4.74 Å². The zero-order valence-electron chi connectivity index (χ0n) is 12.2. The largest absolute Gasteiger partial charge is 0.497 e. The Morgan fingerprint density at radius 2 is 1.91 bits per heavy atom. The van der Waals surface area contributed by atoms with E-state index in [1.807, 2.05) is 12.1 Å². The summed E-state index contributed by atoms with van der Waals surface area (Å²) in [5.41, 5.74) is 1.66. The number of methoxy groups -OCH3 is 1. The number of fused-ring (bicyclic) bond motifs is 1. The zero-order valence-corrected chi connectivity index (χ0v) is 12.2. The highest BCUT2D eigenvalue weighted by Crippen LogP contribution is 2.31. The van der Waals surface area contributed by atoms with Crippen molar-refractivity contribution in [2.75, 3.05) is 7.11 Å². The fourth-order valence-electron chi connectivity index (χ4n) is 2.56. The Kier molecular flexibility index (Phi) is 3.36. The van der Waals surface area contributed by atoms with Gasteiger partial charge in [0.25, 0.3) is 5.56 Å². The molecule has 0 N–H and O–H groups in total. The Bertz CT molecular complexity index is 954. The number of benzene rings is 1. The lowest BCUT2D eigenvalue weighted by molar-refractivity contribution is 0.415. The first-order chi connectivity index (χ1) is 10.7. The smallest absolute Gasteiger partial charge is 0.259 e. The van der Waals surface area contributed by atoms with Crippen LogP contribution in [0.1, 0.15) is 5.69 Å². The Morgan fingerprint density at radius 1 is 1.18 bits per heavy atom. The molecule has 0 aliphatic carbocycles. The van der Waals surface area contributed by atoms with Gasteiger partial charge < -0.3 is 9.30 Å². The molecule has 0 unspecified atom stereocenters. The van der Waals surface area contributed by atoms with Crippen LogP contribution in [-0.4, -0.2) is 16.7 Å². The van der Waals surface area contributed by atoms with Gasteiger partial charge in [0.05, 0.1) is 7.11 Å². The predicted octanol–water partition coefficient (Wildman–Crippen LogP) is 2.48. The third kappa shape index (κ3) is 2.02. The normalized spacial score (nSPS) is 10.4. The molecule has 22 heavy (non-hydrogen) atoms.